The van der Waals surface area contributed by atoms with Crippen LogP contribution in [0.5, 0.6) is 0 Å². The summed E-state index contributed by atoms with van der Waals surface area (Å²) in [5.74, 6) is 0. The highest BCUT2D eigenvalue weighted by Crippen LogP contribution is 2.18. The zero-order chi connectivity index (χ0) is 10.7. The molecule has 0 aliphatic carbocycles. The van der Waals surface area contributed by atoms with Crippen LogP contribution < -0.4 is 0 Å². The van der Waals surface area contributed by atoms with E-state index in [4.69, 9.17) is 16.9 Å². The molecule has 0 unspecified atom stereocenters. The van der Waals surface area contributed by atoms with Crippen molar-refractivity contribution >= 4 is 45.7 Å². The van der Waals surface area contributed by atoms with Crippen molar-refractivity contribution in [3.8, 4) is 6.07 Å². The Labute approximate surface area is 98.8 Å². The molecule has 0 N–H and O–H groups in total. The molecule has 0 fully saturated rings. The summed E-state index contributed by atoms with van der Waals surface area (Å²) in [6.45, 7) is 0. The Kier molecular flexibility index (Phi) is 3.61. The van der Waals surface area contributed by atoms with Gasteiger partial charge in [0.1, 0.15) is 0 Å². The summed E-state index contributed by atoms with van der Waals surface area (Å²) in [5.41, 5.74) is 0.625. The fraction of sp³-hybridized carbons (Fsp3) is 0. The number of benzene rings is 1. The lowest BCUT2D eigenvalue weighted by molar-refractivity contribution is 0.107. The first-order valence-electron chi connectivity index (χ1n) is 3.48. The van der Waals surface area contributed by atoms with Crippen molar-refractivity contribution < 1.29 is 9.59 Å². The van der Waals surface area contributed by atoms with E-state index in [0.717, 1.165) is 0 Å². The van der Waals surface area contributed by atoms with Crippen molar-refractivity contribution in [3.05, 3.63) is 32.4 Å². The molecule has 0 aliphatic heterocycles. The normalized spacial score (nSPS) is 9.21. The molecule has 0 saturated carbocycles. The Hall–Kier alpha value is -0.930. The summed E-state index contributed by atoms with van der Waals surface area (Å²) < 4.78 is 0.598. The van der Waals surface area contributed by atoms with Crippen LogP contribution in [0.2, 0.25) is 0 Å². The van der Waals surface area contributed by atoms with Crippen molar-refractivity contribution in [2.75, 3.05) is 0 Å². The predicted octanol–water partition coefficient (Wildman–Crippen LogP) is 2.35. The topological polar surface area (TPSA) is 57.9 Å². The standard InChI is InChI=1S/C9H3ClINO2/c10-9(14)7-2-8(11)6(4-13)1-5(7)3-12/h1-2,4H. The molecular weight excluding hydrogens is 316 g/mol. The zero-order valence-corrected chi connectivity index (χ0v) is 9.67. The molecule has 0 amide bonds. The van der Waals surface area contributed by atoms with Crippen LogP contribution in [-0.4, -0.2) is 11.5 Å². The van der Waals surface area contributed by atoms with Gasteiger partial charge < -0.3 is 0 Å². The quantitative estimate of drug-likeness (QED) is 0.478. The number of carbonyl (C=O) groups is 2. The van der Waals surface area contributed by atoms with Crippen LogP contribution in [0.1, 0.15) is 26.3 Å². The zero-order valence-electron chi connectivity index (χ0n) is 6.75. The van der Waals surface area contributed by atoms with Crippen LogP contribution in [0, 0.1) is 14.9 Å². The second-order valence-corrected chi connectivity index (χ2v) is 3.93. The van der Waals surface area contributed by atoms with E-state index in [1.54, 1.807) is 0 Å². The van der Waals surface area contributed by atoms with Crippen molar-refractivity contribution in [3.63, 3.8) is 0 Å². The third-order valence-corrected chi connectivity index (χ3v) is 2.73. The third-order valence-electron chi connectivity index (χ3n) is 1.60. The lowest BCUT2D eigenvalue weighted by Gasteiger charge is -2.01. The van der Waals surface area contributed by atoms with Crippen molar-refractivity contribution in [2.24, 2.45) is 0 Å². The van der Waals surface area contributed by atoms with Crippen LogP contribution in [0.25, 0.3) is 0 Å². The van der Waals surface area contributed by atoms with Gasteiger partial charge >= 0.3 is 0 Å². The van der Waals surface area contributed by atoms with Crippen LogP contribution in [0.3, 0.4) is 0 Å². The van der Waals surface area contributed by atoms with Gasteiger partial charge in [0, 0.05) is 9.13 Å². The van der Waals surface area contributed by atoms with Crippen molar-refractivity contribution in [1.82, 2.24) is 0 Å². The van der Waals surface area contributed by atoms with Gasteiger partial charge in [0.05, 0.1) is 17.2 Å². The Balaban J connectivity index is 3.48. The van der Waals surface area contributed by atoms with E-state index in [0.29, 0.717) is 15.4 Å². The molecular formula is C9H3ClINO2. The average molecular weight is 319 g/mol. The van der Waals surface area contributed by atoms with Gasteiger partial charge in [-0.05, 0) is 46.3 Å². The van der Waals surface area contributed by atoms with E-state index in [-0.39, 0.29) is 11.1 Å². The van der Waals surface area contributed by atoms with Crippen LogP contribution >= 0.6 is 34.2 Å². The number of hydrogen-bond acceptors (Lipinski definition) is 3. The second kappa shape index (κ2) is 4.53. The van der Waals surface area contributed by atoms with Crippen LogP contribution in [0.4, 0.5) is 0 Å². The van der Waals surface area contributed by atoms with Crippen LogP contribution in [-0.2, 0) is 0 Å². The monoisotopic (exact) mass is 319 g/mol. The Morgan fingerprint density at radius 1 is 1.57 bits per heavy atom. The number of nitrogens with zero attached hydrogens (tertiary/aromatic N) is 1. The molecule has 0 atom stereocenters. The molecule has 0 heterocycles. The minimum absolute atomic E-state index is 0.118. The fourth-order valence-electron chi connectivity index (χ4n) is 0.935. The molecule has 1 rings (SSSR count). The molecule has 1 aromatic rings. The van der Waals surface area contributed by atoms with Crippen molar-refractivity contribution in [1.29, 1.82) is 5.26 Å². The Morgan fingerprint density at radius 2 is 2.21 bits per heavy atom. The first-order valence-corrected chi connectivity index (χ1v) is 4.94. The molecule has 1 aromatic carbocycles. The number of aldehydes is 1. The summed E-state index contributed by atoms with van der Waals surface area (Å²) in [5, 5.41) is 8.00. The summed E-state index contributed by atoms with van der Waals surface area (Å²) in [6.07, 6.45) is 0.630. The van der Waals surface area contributed by atoms with Gasteiger partial charge in [0.15, 0.2) is 6.29 Å². The number of hydrogen-bond donors (Lipinski definition) is 0. The Morgan fingerprint density at radius 3 is 2.64 bits per heavy atom. The van der Waals surface area contributed by atoms with Gasteiger partial charge in [0.25, 0.3) is 5.24 Å². The summed E-state index contributed by atoms with van der Waals surface area (Å²) >= 11 is 7.17. The maximum atomic E-state index is 10.9. The molecule has 5 heteroatoms. The van der Waals surface area contributed by atoms with Gasteiger partial charge in [0.2, 0.25) is 0 Å². The summed E-state index contributed by atoms with van der Waals surface area (Å²) in [7, 11) is 0. The van der Waals surface area contributed by atoms with E-state index in [9.17, 15) is 9.59 Å². The van der Waals surface area contributed by atoms with Gasteiger partial charge in [-0.2, -0.15) is 5.26 Å². The number of halogens is 2. The number of nitriles is 1. The summed E-state index contributed by atoms with van der Waals surface area (Å²) in [6, 6.07) is 4.59. The van der Waals surface area contributed by atoms with Gasteiger partial charge in [-0.25, -0.2) is 0 Å². The van der Waals surface area contributed by atoms with E-state index >= 15 is 0 Å². The van der Waals surface area contributed by atoms with E-state index in [1.165, 1.54) is 12.1 Å². The average Bonchev–Trinajstić information content (AvgIpc) is 2.17. The van der Waals surface area contributed by atoms with Crippen LogP contribution in [0.15, 0.2) is 12.1 Å². The van der Waals surface area contributed by atoms with Gasteiger partial charge in [-0.1, -0.05) is 0 Å². The largest absolute Gasteiger partial charge is 0.298 e. The molecule has 0 aliphatic rings. The predicted molar refractivity (Wildman–Crippen MR) is 59.4 cm³/mol. The molecule has 0 saturated heterocycles. The fourth-order valence-corrected chi connectivity index (χ4v) is 1.69. The van der Waals surface area contributed by atoms with Gasteiger partial charge in [-0.3, -0.25) is 9.59 Å². The summed E-state index contributed by atoms with van der Waals surface area (Å²) in [4.78, 5) is 21.4. The van der Waals surface area contributed by atoms with E-state index in [1.807, 2.05) is 28.7 Å². The van der Waals surface area contributed by atoms with E-state index < -0.39 is 5.24 Å². The maximum absolute atomic E-state index is 10.9. The Bertz CT molecular complexity index is 451. The first-order chi connectivity index (χ1) is 6.60. The van der Waals surface area contributed by atoms with E-state index in [2.05, 4.69) is 0 Å². The van der Waals surface area contributed by atoms with Crippen molar-refractivity contribution in [2.45, 2.75) is 0 Å². The number of rotatable bonds is 2. The highest BCUT2D eigenvalue weighted by atomic mass is 127. The lowest BCUT2D eigenvalue weighted by Crippen LogP contribution is -1.98. The smallest absolute Gasteiger partial charge is 0.253 e. The highest BCUT2D eigenvalue weighted by molar-refractivity contribution is 14.1. The minimum Gasteiger partial charge on any atom is -0.298 e. The molecule has 0 aromatic heterocycles. The molecule has 0 bridgehead atoms. The maximum Gasteiger partial charge on any atom is 0.253 e. The first kappa shape index (κ1) is 11.1. The lowest BCUT2D eigenvalue weighted by atomic mass is 10.1. The van der Waals surface area contributed by atoms with Gasteiger partial charge in [-0.15, -0.1) is 0 Å². The highest BCUT2D eigenvalue weighted by Gasteiger charge is 2.12. The SMILES string of the molecule is N#Cc1cc(C=O)c(I)cc1C(=O)Cl. The number of carbonyl (C=O) groups excluding carboxylic acids is 2. The molecule has 14 heavy (non-hydrogen) atoms. The molecule has 3 nitrogen and oxygen atoms in total. The molecule has 0 spiro atoms. The molecule has 70 valence electrons. The second-order valence-electron chi connectivity index (χ2n) is 2.42. The third kappa shape index (κ3) is 2.11. The minimum atomic E-state index is -0.697. The molecule has 0 radical (unpaired) electrons.